The summed E-state index contributed by atoms with van der Waals surface area (Å²) in [6.45, 7) is 4.61. The number of anilines is 2. The molecule has 156 valence electrons. The van der Waals surface area contributed by atoms with E-state index in [0.717, 1.165) is 41.8 Å². The van der Waals surface area contributed by atoms with Gasteiger partial charge in [-0.3, -0.25) is 19.3 Å². The van der Waals surface area contributed by atoms with Crippen molar-refractivity contribution < 1.29 is 0 Å². The number of benzene rings is 1. The Morgan fingerprint density at radius 1 is 1.03 bits per heavy atom. The zero-order valence-electron chi connectivity index (χ0n) is 17.6. The highest BCUT2D eigenvalue weighted by atomic mass is 16.1. The SMILES string of the molecule is C[C@@H]1CN(c2cnc3ccccc3c2)CCN1c1nc(-c2ccncc2)cc(=O)n1C. The molecule has 0 radical (unpaired) electrons. The molecule has 1 fully saturated rings. The van der Waals surface area contributed by atoms with Gasteiger partial charge in [-0.25, -0.2) is 4.98 Å². The third-order valence-electron chi connectivity index (χ3n) is 5.91. The second-order valence-corrected chi connectivity index (χ2v) is 7.95. The van der Waals surface area contributed by atoms with Gasteiger partial charge in [0.2, 0.25) is 5.95 Å². The first-order valence-electron chi connectivity index (χ1n) is 10.4. The number of aromatic nitrogens is 4. The Morgan fingerprint density at radius 2 is 1.84 bits per heavy atom. The molecule has 1 atom stereocenters. The fourth-order valence-electron chi connectivity index (χ4n) is 4.18. The van der Waals surface area contributed by atoms with Crippen LogP contribution in [0.2, 0.25) is 0 Å². The quantitative estimate of drug-likeness (QED) is 0.515. The lowest BCUT2D eigenvalue weighted by atomic mass is 10.1. The van der Waals surface area contributed by atoms with E-state index in [1.165, 1.54) is 0 Å². The van der Waals surface area contributed by atoms with Crippen LogP contribution in [0, 0.1) is 0 Å². The van der Waals surface area contributed by atoms with Crippen molar-refractivity contribution in [1.29, 1.82) is 0 Å². The van der Waals surface area contributed by atoms with Crippen LogP contribution >= 0.6 is 0 Å². The van der Waals surface area contributed by atoms with E-state index >= 15 is 0 Å². The predicted octanol–water partition coefficient (Wildman–Crippen LogP) is 3.11. The molecule has 0 unspecified atom stereocenters. The maximum atomic E-state index is 12.7. The number of pyridine rings is 2. The standard InChI is InChI=1S/C24H24N6O/c1-17-16-29(20-13-19-5-3-4-6-21(19)26-15-20)11-12-30(17)24-27-22(14-23(31)28(24)2)18-7-9-25-10-8-18/h3-10,13-15,17H,11-12,16H2,1-2H3/t17-/m1/s1. The summed E-state index contributed by atoms with van der Waals surface area (Å²) in [6, 6.07) is 15.9. The van der Waals surface area contributed by atoms with Crippen molar-refractivity contribution in [2.24, 2.45) is 7.05 Å². The van der Waals surface area contributed by atoms with E-state index < -0.39 is 0 Å². The number of nitrogens with zero attached hydrogens (tertiary/aromatic N) is 6. The Balaban J connectivity index is 1.43. The van der Waals surface area contributed by atoms with Gasteiger partial charge >= 0.3 is 0 Å². The molecule has 0 aliphatic carbocycles. The molecule has 0 saturated carbocycles. The Bertz CT molecular complexity index is 1290. The zero-order chi connectivity index (χ0) is 21.4. The average Bonchev–Trinajstić information content (AvgIpc) is 2.81. The van der Waals surface area contributed by atoms with Gasteiger partial charge in [-0.05, 0) is 31.2 Å². The van der Waals surface area contributed by atoms with Crippen LogP contribution in [0.25, 0.3) is 22.2 Å². The van der Waals surface area contributed by atoms with Crippen molar-refractivity contribution in [2.45, 2.75) is 13.0 Å². The van der Waals surface area contributed by atoms with Crippen LogP contribution in [0.5, 0.6) is 0 Å². The van der Waals surface area contributed by atoms with Gasteiger partial charge in [-0.15, -0.1) is 0 Å². The van der Waals surface area contributed by atoms with Gasteiger partial charge in [0.15, 0.2) is 0 Å². The van der Waals surface area contributed by atoms with Crippen LogP contribution < -0.4 is 15.4 Å². The first-order chi connectivity index (χ1) is 15.1. The Morgan fingerprint density at radius 3 is 2.65 bits per heavy atom. The van der Waals surface area contributed by atoms with E-state index in [-0.39, 0.29) is 11.6 Å². The molecule has 4 heterocycles. The highest BCUT2D eigenvalue weighted by Gasteiger charge is 2.27. The minimum atomic E-state index is -0.0647. The molecular formula is C24H24N6O. The highest BCUT2D eigenvalue weighted by Crippen LogP contribution is 2.25. The van der Waals surface area contributed by atoms with Gasteiger partial charge in [0.1, 0.15) is 0 Å². The largest absolute Gasteiger partial charge is 0.366 e. The predicted molar refractivity (Wildman–Crippen MR) is 123 cm³/mol. The Hall–Kier alpha value is -3.74. The summed E-state index contributed by atoms with van der Waals surface area (Å²) in [5.41, 5.74) is 3.63. The van der Waals surface area contributed by atoms with Crippen molar-refractivity contribution in [2.75, 3.05) is 29.4 Å². The minimum Gasteiger partial charge on any atom is -0.366 e. The number of hydrogen-bond donors (Lipinski definition) is 0. The van der Waals surface area contributed by atoms with Crippen molar-refractivity contribution in [3.8, 4) is 11.3 Å². The van der Waals surface area contributed by atoms with Gasteiger partial charge in [-0.2, -0.15) is 0 Å². The van der Waals surface area contributed by atoms with Crippen molar-refractivity contribution in [1.82, 2.24) is 19.5 Å². The van der Waals surface area contributed by atoms with Gasteiger partial charge < -0.3 is 9.80 Å². The third-order valence-corrected chi connectivity index (χ3v) is 5.91. The van der Waals surface area contributed by atoms with E-state index in [2.05, 4.69) is 38.8 Å². The summed E-state index contributed by atoms with van der Waals surface area (Å²) in [6.07, 6.45) is 5.38. The third kappa shape index (κ3) is 3.63. The normalized spacial score (nSPS) is 16.6. The summed E-state index contributed by atoms with van der Waals surface area (Å²) in [7, 11) is 1.79. The summed E-state index contributed by atoms with van der Waals surface area (Å²) in [4.78, 5) is 30.7. The van der Waals surface area contributed by atoms with Crippen LogP contribution in [0.3, 0.4) is 0 Å². The summed E-state index contributed by atoms with van der Waals surface area (Å²) >= 11 is 0. The van der Waals surface area contributed by atoms with Crippen LogP contribution in [0.15, 0.2) is 71.9 Å². The fourth-order valence-corrected chi connectivity index (χ4v) is 4.18. The first kappa shape index (κ1) is 19.2. The molecule has 0 spiro atoms. The zero-order valence-corrected chi connectivity index (χ0v) is 17.6. The van der Waals surface area contributed by atoms with Gasteiger partial charge in [0.05, 0.1) is 23.1 Å². The summed E-state index contributed by atoms with van der Waals surface area (Å²) in [5.74, 6) is 0.697. The van der Waals surface area contributed by atoms with Gasteiger partial charge in [-0.1, -0.05) is 18.2 Å². The molecule has 0 bridgehead atoms. The molecule has 1 aliphatic heterocycles. The average molecular weight is 412 g/mol. The lowest BCUT2D eigenvalue weighted by Crippen LogP contribution is -2.53. The number of para-hydroxylation sites is 1. The van der Waals surface area contributed by atoms with Gasteiger partial charge in [0.25, 0.3) is 5.56 Å². The Kier molecular flexibility index (Phi) is 4.86. The van der Waals surface area contributed by atoms with Crippen molar-refractivity contribution >= 4 is 22.5 Å². The van der Waals surface area contributed by atoms with Gasteiger partial charge in [0, 0.05) is 62.1 Å². The number of fused-ring (bicyclic) bond motifs is 1. The van der Waals surface area contributed by atoms with E-state index in [1.54, 1.807) is 30.1 Å². The summed E-state index contributed by atoms with van der Waals surface area (Å²) in [5, 5.41) is 1.14. The second kappa shape index (κ2) is 7.83. The van der Waals surface area contributed by atoms with Crippen LogP contribution in [0.1, 0.15) is 6.92 Å². The topological polar surface area (TPSA) is 67.2 Å². The van der Waals surface area contributed by atoms with Crippen LogP contribution in [0.4, 0.5) is 11.6 Å². The first-order valence-corrected chi connectivity index (χ1v) is 10.4. The highest BCUT2D eigenvalue weighted by molar-refractivity contribution is 5.81. The van der Waals surface area contributed by atoms with Crippen molar-refractivity contribution in [3.63, 3.8) is 0 Å². The van der Waals surface area contributed by atoms with Crippen LogP contribution in [-0.2, 0) is 7.05 Å². The molecule has 0 amide bonds. The molecule has 3 aromatic heterocycles. The van der Waals surface area contributed by atoms with E-state index in [0.29, 0.717) is 11.6 Å². The second-order valence-electron chi connectivity index (χ2n) is 7.95. The summed E-state index contributed by atoms with van der Waals surface area (Å²) < 4.78 is 1.63. The molecule has 1 aromatic carbocycles. The smallest absolute Gasteiger partial charge is 0.255 e. The van der Waals surface area contributed by atoms with Crippen molar-refractivity contribution in [3.05, 3.63) is 77.5 Å². The van der Waals surface area contributed by atoms with E-state index in [9.17, 15) is 4.79 Å². The maximum absolute atomic E-state index is 12.7. The molecular weight excluding hydrogens is 388 g/mol. The molecule has 7 heteroatoms. The monoisotopic (exact) mass is 412 g/mol. The molecule has 1 saturated heterocycles. The molecule has 31 heavy (non-hydrogen) atoms. The molecule has 1 aliphatic rings. The molecule has 5 rings (SSSR count). The number of hydrogen-bond acceptors (Lipinski definition) is 6. The lowest BCUT2D eigenvalue weighted by molar-refractivity contribution is 0.529. The van der Waals surface area contributed by atoms with Crippen LogP contribution in [-0.4, -0.2) is 45.2 Å². The minimum absolute atomic E-state index is 0.0647. The lowest BCUT2D eigenvalue weighted by Gasteiger charge is -2.41. The fraction of sp³-hybridized carbons (Fsp3) is 0.250. The van der Waals surface area contributed by atoms with E-state index in [4.69, 9.17) is 4.98 Å². The van der Waals surface area contributed by atoms with E-state index in [1.807, 2.05) is 36.5 Å². The number of piperazine rings is 1. The molecule has 0 N–H and O–H groups in total. The molecule has 4 aromatic rings. The number of rotatable bonds is 3. The Labute approximate surface area is 180 Å². The maximum Gasteiger partial charge on any atom is 0.255 e. The molecule has 7 nitrogen and oxygen atoms in total.